The molecule has 98 valence electrons. The number of nitrogens with two attached hydrogens (primary N) is 1. The second kappa shape index (κ2) is 6.59. The predicted octanol–water partition coefficient (Wildman–Crippen LogP) is 0.383. The third kappa shape index (κ3) is 4.00. The molecule has 0 atom stereocenters. The molecule has 0 radical (unpaired) electrons. The molecule has 1 aliphatic rings. The van der Waals surface area contributed by atoms with Gasteiger partial charge < -0.3 is 15.4 Å². The molecular formula is C12H22N2O3. The quantitative estimate of drug-likeness (QED) is 0.723. The molecule has 1 fully saturated rings. The Kier molecular flexibility index (Phi) is 5.41. The first-order valence-electron chi connectivity index (χ1n) is 6.10. The minimum atomic E-state index is -0.378. The fourth-order valence-corrected chi connectivity index (χ4v) is 2.29. The van der Waals surface area contributed by atoms with Crippen LogP contribution >= 0.6 is 0 Å². The van der Waals surface area contributed by atoms with Gasteiger partial charge in [-0.2, -0.15) is 0 Å². The summed E-state index contributed by atoms with van der Waals surface area (Å²) in [5, 5.41) is 0. The van der Waals surface area contributed by atoms with Gasteiger partial charge >= 0.3 is 5.97 Å². The van der Waals surface area contributed by atoms with Gasteiger partial charge in [0.05, 0.1) is 7.11 Å². The lowest BCUT2D eigenvalue weighted by Crippen LogP contribution is -2.38. The maximum Gasteiger partial charge on any atom is 0.325 e. The number of hydrogen-bond acceptors (Lipinski definition) is 4. The Morgan fingerprint density at radius 2 is 1.88 bits per heavy atom. The van der Waals surface area contributed by atoms with Crippen molar-refractivity contribution in [1.29, 1.82) is 0 Å². The maximum atomic E-state index is 12.0. The number of amides is 1. The lowest BCUT2D eigenvalue weighted by atomic mass is 9.81. The van der Waals surface area contributed by atoms with E-state index in [1.165, 1.54) is 12.0 Å². The molecular weight excluding hydrogens is 220 g/mol. The van der Waals surface area contributed by atoms with Crippen LogP contribution in [0.2, 0.25) is 0 Å². The zero-order chi connectivity index (χ0) is 12.8. The van der Waals surface area contributed by atoms with Crippen molar-refractivity contribution in [3.05, 3.63) is 0 Å². The van der Waals surface area contributed by atoms with Crippen molar-refractivity contribution in [2.24, 2.45) is 17.6 Å². The molecule has 1 rings (SSSR count). The van der Waals surface area contributed by atoms with Gasteiger partial charge in [0.1, 0.15) is 6.54 Å². The van der Waals surface area contributed by atoms with Crippen LogP contribution in [0.4, 0.5) is 0 Å². The number of rotatable bonds is 4. The Labute approximate surface area is 102 Å². The van der Waals surface area contributed by atoms with Crippen LogP contribution in [0, 0.1) is 11.8 Å². The van der Waals surface area contributed by atoms with E-state index >= 15 is 0 Å². The maximum absolute atomic E-state index is 12.0. The number of carbonyl (C=O) groups is 2. The van der Waals surface area contributed by atoms with E-state index in [2.05, 4.69) is 4.74 Å². The molecule has 0 saturated heterocycles. The first-order chi connectivity index (χ1) is 8.08. The molecule has 17 heavy (non-hydrogen) atoms. The highest BCUT2D eigenvalue weighted by molar-refractivity contribution is 5.83. The van der Waals surface area contributed by atoms with E-state index in [9.17, 15) is 9.59 Å². The molecule has 2 N–H and O–H groups in total. The number of nitrogens with zero attached hydrogens (tertiary/aromatic N) is 1. The molecule has 0 bridgehead atoms. The Morgan fingerprint density at radius 3 is 2.35 bits per heavy atom. The summed E-state index contributed by atoms with van der Waals surface area (Å²) in [6.07, 6.45) is 3.79. The topological polar surface area (TPSA) is 72.6 Å². The highest BCUT2D eigenvalue weighted by atomic mass is 16.5. The second-order valence-electron chi connectivity index (χ2n) is 4.72. The molecule has 0 aromatic rings. The van der Waals surface area contributed by atoms with Gasteiger partial charge in [0, 0.05) is 13.0 Å². The van der Waals surface area contributed by atoms with Gasteiger partial charge in [-0.05, 0) is 38.1 Å². The molecule has 0 aromatic carbocycles. The first kappa shape index (κ1) is 14.0. The van der Waals surface area contributed by atoms with Crippen molar-refractivity contribution in [2.45, 2.75) is 25.7 Å². The number of carbonyl (C=O) groups excluding carboxylic acids is 2. The van der Waals surface area contributed by atoms with Gasteiger partial charge in [-0.3, -0.25) is 9.59 Å². The van der Waals surface area contributed by atoms with E-state index in [-0.39, 0.29) is 24.3 Å². The van der Waals surface area contributed by atoms with Crippen molar-refractivity contribution in [3.63, 3.8) is 0 Å². The molecule has 5 nitrogen and oxygen atoms in total. The van der Waals surface area contributed by atoms with Crippen LogP contribution in [0.3, 0.4) is 0 Å². The molecule has 0 unspecified atom stereocenters. The molecule has 1 aliphatic carbocycles. The van der Waals surface area contributed by atoms with Gasteiger partial charge in [-0.25, -0.2) is 0 Å². The largest absolute Gasteiger partial charge is 0.468 e. The summed E-state index contributed by atoms with van der Waals surface area (Å²) in [5.41, 5.74) is 5.61. The molecule has 1 amide bonds. The highest BCUT2D eigenvalue weighted by Gasteiger charge is 2.28. The van der Waals surface area contributed by atoms with E-state index in [1.807, 2.05) is 0 Å². The lowest BCUT2D eigenvalue weighted by Gasteiger charge is -2.29. The van der Waals surface area contributed by atoms with Crippen LogP contribution in [0.1, 0.15) is 25.7 Å². The summed E-state index contributed by atoms with van der Waals surface area (Å²) < 4.78 is 4.54. The van der Waals surface area contributed by atoms with Crippen LogP contribution in [-0.2, 0) is 14.3 Å². The third-order valence-electron chi connectivity index (χ3n) is 3.50. The van der Waals surface area contributed by atoms with Gasteiger partial charge in [0.2, 0.25) is 5.91 Å². The van der Waals surface area contributed by atoms with E-state index < -0.39 is 0 Å². The van der Waals surface area contributed by atoms with Crippen LogP contribution in [0.15, 0.2) is 0 Å². The number of likely N-dealkylation sites (N-methyl/N-ethyl adjacent to an activating group) is 1. The summed E-state index contributed by atoms with van der Waals surface area (Å²) in [6.45, 7) is 0.741. The van der Waals surface area contributed by atoms with Crippen molar-refractivity contribution < 1.29 is 14.3 Å². The van der Waals surface area contributed by atoms with E-state index in [0.717, 1.165) is 25.7 Å². The van der Waals surface area contributed by atoms with Crippen LogP contribution in [0.25, 0.3) is 0 Å². The minimum Gasteiger partial charge on any atom is -0.468 e. The highest BCUT2D eigenvalue weighted by Crippen LogP contribution is 2.29. The number of esters is 1. The van der Waals surface area contributed by atoms with Crippen molar-refractivity contribution in [1.82, 2.24) is 4.90 Å². The molecule has 0 aliphatic heterocycles. The second-order valence-corrected chi connectivity index (χ2v) is 4.72. The number of methoxy groups -OCH3 is 1. The molecule has 5 heteroatoms. The van der Waals surface area contributed by atoms with Crippen LogP contribution in [0.5, 0.6) is 0 Å². The van der Waals surface area contributed by atoms with E-state index in [0.29, 0.717) is 12.5 Å². The fraction of sp³-hybridized carbons (Fsp3) is 0.833. The zero-order valence-electron chi connectivity index (χ0n) is 10.6. The predicted molar refractivity (Wildman–Crippen MR) is 64.2 cm³/mol. The minimum absolute atomic E-state index is 0.0339. The molecule has 0 spiro atoms. The molecule has 0 aromatic heterocycles. The van der Waals surface area contributed by atoms with Gasteiger partial charge in [-0.1, -0.05) is 0 Å². The summed E-state index contributed by atoms with van der Waals surface area (Å²) in [6, 6.07) is 0. The third-order valence-corrected chi connectivity index (χ3v) is 3.50. The van der Waals surface area contributed by atoms with Gasteiger partial charge in [-0.15, -0.1) is 0 Å². The Morgan fingerprint density at radius 1 is 1.29 bits per heavy atom. The lowest BCUT2D eigenvalue weighted by molar-refractivity contribution is -0.148. The Balaban J connectivity index is 2.40. The van der Waals surface area contributed by atoms with Crippen LogP contribution in [-0.4, -0.2) is 44.0 Å². The Hall–Kier alpha value is -1.10. The van der Waals surface area contributed by atoms with Crippen LogP contribution < -0.4 is 5.73 Å². The van der Waals surface area contributed by atoms with Crippen molar-refractivity contribution in [2.75, 3.05) is 27.2 Å². The average molecular weight is 242 g/mol. The normalized spacial score (nSPS) is 24.2. The monoisotopic (exact) mass is 242 g/mol. The smallest absolute Gasteiger partial charge is 0.325 e. The van der Waals surface area contributed by atoms with Gasteiger partial charge in [0.25, 0.3) is 0 Å². The van der Waals surface area contributed by atoms with Gasteiger partial charge in [0.15, 0.2) is 0 Å². The average Bonchev–Trinajstić information content (AvgIpc) is 2.37. The standard InChI is InChI=1S/C12H22N2O3/c1-14(8-11(15)17-2)12(16)10-5-3-9(7-13)4-6-10/h9-10H,3-8,13H2,1-2H3. The molecule has 1 saturated carbocycles. The summed E-state index contributed by atoms with van der Waals surface area (Å²) in [4.78, 5) is 24.6. The van der Waals surface area contributed by atoms with E-state index in [4.69, 9.17) is 5.73 Å². The summed E-state index contributed by atoms with van der Waals surface area (Å²) in [7, 11) is 2.97. The zero-order valence-corrected chi connectivity index (χ0v) is 10.6. The summed E-state index contributed by atoms with van der Waals surface area (Å²) in [5.74, 6) is 0.278. The van der Waals surface area contributed by atoms with Crippen molar-refractivity contribution >= 4 is 11.9 Å². The Bertz CT molecular complexity index is 273. The fourth-order valence-electron chi connectivity index (χ4n) is 2.29. The molecule has 0 heterocycles. The number of ether oxygens (including phenoxy) is 1. The summed E-state index contributed by atoms with van der Waals surface area (Å²) >= 11 is 0. The number of hydrogen-bond donors (Lipinski definition) is 1. The SMILES string of the molecule is COC(=O)CN(C)C(=O)C1CCC(CN)CC1. The van der Waals surface area contributed by atoms with E-state index in [1.54, 1.807) is 7.05 Å². The van der Waals surface area contributed by atoms with Crippen molar-refractivity contribution in [3.8, 4) is 0 Å². The first-order valence-corrected chi connectivity index (χ1v) is 6.10.